The molecule has 0 aromatic heterocycles. The Morgan fingerprint density at radius 2 is 1.65 bits per heavy atom. The Balaban J connectivity index is 2.02. The molecule has 2 rings (SSSR count). The number of hydrogen-bond acceptors (Lipinski definition) is 2. The van der Waals surface area contributed by atoms with E-state index < -0.39 is 11.6 Å². The minimum absolute atomic E-state index is 0.432. The summed E-state index contributed by atoms with van der Waals surface area (Å²) in [6.07, 6.45) is 0. The summed E-state index contributed by atoms with van der Waals surface area (Å²) >= 11 is 0. The van der Waals surface area contributed by atoms with Gasteiger partial charge in [-0.05, 0) is 42.0 Å². The molecule has 0 unspecified atom stereocenters. The Bertz CT molecular complexity index is 509. The number of benzene rings is 2. The zero-order valence-corrected chi connectivity index (χ0v) is 9.08. The van der Waals surface area contributed by atoms with Crippen molar-refractivity contribution in [1.29, 1.82) is 0 Å². The van der Waals surface area contributed by atoms with Gasteiger partial charge in [-0.25, -0.2) is 8.78 Å². The van der Waals surface area contributed by atoms with Crippen molar-refractivity contribution in [2.24, 2.45) is 0 Å². The third-order valence-corrected chi connectivity index (χ3v) is 2.39. The SMILES string of the molecule is Nc1ccc(NCc2ccc(F)c(F)c2)cc1. The largest absolute Gasteiger partial charge is 0.399 e. The lowest BCUT2D eigenvalue weighted by molar-refractivity contribution is 0.507. The highest BCUT2D eigenvalue weighted by molar-refractivity contribution is 5.51. The standard InChI is InChI=1S/C13H12F2N2/c14-12-6-1-9(7-13(12)15)8-17-11-4-2-10(16)3-5-11/h1-7,17H,8,16H2. The van der Waals surface area contributed by atoms with Crippen LogP contribution in [0.5, 0.6) is 0 Å². The van der Waals surface area contributed by atoms with E-state index >= 15 is 0 Å². The molecule has 0 saturated carbocycles. The van der Waals surface area contributed by atoms with Crippen LogP contribution in [0.2, 0.25) is 0 Å². The van der Waals surface area contributed by atoms with Crippen LogP contribution < -0.4 is 11.1 Å². The average molecular weight is 234 g/mol. The zero-order chi connectivity index (χ0) is 12.3. The van der Waals surface area contributed by atoms with E-state index in [4.69, 9.17) is 5.73 Å². The van der Waals surface area contributed by atoms with Crippen LogP contribution in [0.25, 0.3) is 0 Å². The molecule has 0 saturated heterocycles. The van der Waals surface area contributed by atoms with E-state index in [0.717, 1.165) is 11.8 Å². The van der Waals surface area contributed by atoms with Crippen LogP contribution in [0.15, 0.2) is 42.5 Å². The third kappa shape index (κ3) is 2.93. The van der Waals surface area contributed by atoms with Gasteiger partial charge in [-0.15, -0.1) is 0 Å². The van der Waals surface area contributed by atoms with Crippen LogP contribution in [0.4, 0.5) is 20.2 Å². The van der Waals surface area contributed by atoms with Crippen LogP contribution in [0.1, 0.15) is 5.56 Å². The number of hydrogen-bond donors (Lipinski definition) is 2. The van der Waals surface area contributed by atoms with Crippen molar-refractivity contribution in [3.63, 3.8) is 0 Å². The topological polar surface area (TPSA) is 38.0 Å². The molecule has 0 atom stereocenters. The molecule has 2 nitrogen and oxygen atoms in total. The highest BCUT2D eigenvalue weighted by Gasteiger charge is 2.02. The molecule has 0 aliphatic carbocycles. The number of nitrogens with two attached hydrogens (primary N) is 1. The van der Waals surface area contributed by atoms with Crippen molar-refractivity contribution in [3.05, 3.63) is 59.7 Å². The molecule has 0 heterocycles. The molecule has 2 aromatic rings. The molecule has 0 radical (unpaired) electrons. The van der Waals surface area contributed by atoms with Crippen molar-refractivity contribution >= 4 is 11.4 Å². The minimum atomic E-state index is -0.832. The molecule has 0 aliphatic rings. The zero-order valence-electron chi connectivity index (χ0n) is 9.08. The smallest absolute Gasteiger partial charge is 0.159 e. The van der Waals surface area contributed by atoms with Gasteiger partial charge in [0.05, 0.1) is 0 Å². The summed E-state index contributed by atoms with van der Waals surface area (Å²) in [4.78, 5) is 0. The van der Waals surface area contributed by atoms with E-state index in [1.165, 1.54) is 6.07 Å². The lowest BCUT2D eigenvalue weighted by atomic mass is 10.2. The fraction of sp³-hybridized carbons (Fsp3) is 0.0769. The molecule has 0 bridgehead atoms. The molecular weight excluding hydrogens is 222 g/mol. The number of anilines is 2. The molecule has 3 N–H and O–H groups in total. The highest BCUT2D eigenvalue weighted by Crippen LogP contribution is 2.13. The molecule has 0 amide bonds. The summed E-state index contributed by atoms with van der Waals surface area (Å²) in [5, 5.41) is 3.09. The fourth-order valence-electron chi connectivity index (χ4n) is 1.45. The van der Waals surface area contributed by atoms with Gasteiger partial charge in [0.2, 0.25) is 0 Å². The monoisotopic (exact) mass is 234 g/mol. The molecule has 4 heteroatoms. The van der Waals surface area contributed by atoms with Gasteiger partial charge >= 0.3 is 0 Å². The average Bonchev–Trinajstić information content (AvgIpc) is 2.33. The van der Waals surface area contributed by atoms with Crippen LogP contribution in [-0.2, 0) is 6.54 Å². The number of nitrogens with one attached hydrogen (secondary N) is 1. The van der Waals surface area contributed by atoms with Gasteiger partial charge in [-0.3, -0.25) is 0 Å². The first-order valence-electron chi connectivity index (χ1n) is 5.18. The van der Waals surface area contributed by atoms with Crippen LogP contribution in [-0.4, -0.2) is 0 Å². The molecule has 88 valence electrons. The van der Waals surface area contributed by atoms with E-state index in [0.29, 0.717) is 17.8 Å². The first kappa shape index (κ1) is 11.4. The molecule has 0 spiro atoms. The second-order valence-corrected chi connectivity index (χ2v) is 3.72. The second-order valence-electron chi connectivity index (χ2n) is 3.72. The van der Waals surface area contributed by atoms with Crippen molar-refractivity contribution in [2.45, 2.75) is 6.54 Å². The summed E-state index contributed by atoms with van der Waals surface area (Å²) in [6, 6.07) is 11.0. The summed E-state index contributed by atoms with van der Waals surface area (Å²) in [6.45, 7) is 0.432. The van der Waals surface area contributed by atoms with E-state index in [1.54, 1.807) is 18.2 Å². The number of halogens is 2. The van der Waals surface area contributed by atoms with Crippen molar-refractivity contribution in [2.75, 3.05) is 11.1 Å². The molecular formula is C13H12F2N2. The maximum atomic E-state index is 12.9. The van der Waals surface area contributed by atoms with E-state index in [2.05, 4.69) is 5.32 Å². The van der Waals surface area contributed by atoms with Crippen LogP contribution >= 0.6 is 0 Å². The molecule has 0 aliphatic heterocycles. The van der Waals surface area contributed by atoms with Gasteiger partial charge in [0.25, 0.3) is 0 Å². The Labute approximate surface area is 98.1 Å². The fourth-order valence-corrected chi connectivity index (χ4v) is 1.45. The second kappa shape index (κ2) is 4.82. The Kier molecular flexibility index (Phi) is 3.23. The highest BCUT2D eigenvalue weighted by atomic mass is 19.2. The maximum absolute atomic E-state index is 12.9. The predicted octanol–water partition coefficient (Wildman–Crippen LogP) is 3.16. The minimum Gasteiger partial charge on any atom is -0.399 e. The summed E-state index contributed by atoms with van der Waals surface area (Å²) in [7, 11) is 0. The Hall–Kier alpha value is -2.10. The van der Waals surface area contributed by atoms with E-state index in [-0.39, 0.29) is 0 Å². The third-order valence-electron chi connectivity index (χ3n) is 2.39. The van der Waals surface area contributed by atoms with Crippen LogP contribution in [0, 0.1) is 11.6 Å². The Morgan fingerprint density at radius 1 is 0.941 bits per heavy atom. The van der Waals surface area contributed by atoms with E-state index in [1.807, 2.05) is 12.1 Å². The van der Waals surface area contributed by atoms with Gasteiger partial charge < -0.3 is 11.1 Å². The molecule has 0 fully saturated rings. The quantitative estimate of drug-likeness (QED) is 0.800. The predicted molar refractivity (Wildman–Crippen MR) is 64.5 cm³/mol. The molecule has 17 heavy (non-hydrogen) atoms. The number of rotatable bonds is 3. The van der Waals surface area contributed by atoms with Gasteiger partial charge in [0.15, 0.2) is 11.6 Å². The van der Waals surface area contributed by atoms with Crippen molar-refractivity contribution < 1.29 is 8.78 Å². The first-order chi connectivity index (χ1) is 8.15. The van der Waals surface area contributed by atoms with Gasteiger partial charge in [0.1, 0.15) is 0 Å². The maximum Gasteiger partial charge on any atom is 0.159 e. The van der Waals surface area contributed by atoms with E-state index in [9.17, 15) is 8.78 Å². The van der Waals surface area contributed by atoms with Gasteiger partial charge in [-0.2, -0.15) is 0 Å². The summed E-state index contributed by atoms with van der Waals surface area (Å²) in [5.41, 5.74) is 7.79. The van der Waals surface area contributed by atoms with Gasteiger partial charge in [0, 0.05) is 17.9 Å². The normalized spacial score (nSPS) is 10.2. The van der Waals surface area contributed by atoms with Crippen molar-refractivity contribution in [1.82, 2.24) is 0 Å². The van der Waals surface area contributed by atoms with Crippen molar-refractivity contribution in [3.8, 4) is 0 Å². The number of nitrogen functional groups attached to an aromatic ring is 1. The molecule has 2 aromatic carbocycles. The Morgan fingerprint density at radius 3 is 2.29 bits per heavy atom. The summed E-state index contributed by atoms with van der Waals surface area (Å²) < 4.78 is 25.6. The summed E-state index contributed by atoms with van der Waals surface area (Å²) in [5.74, 6) is -1.66. The van der Waals surface area contributed by atoms with Crippen LogP contribution in [0.3, 0.4) is 0 Å². The first-order valence-corrected chi connectivity index (χ1v) is 5.18. The lowest BCUT2D eigenvalue weighted by Crippen LogP contribution is -2.00. The van der Waals surface area contributed by atoms with Gasteiger partial charge in [-0.1, -0.05) is 6.07 Å². The lowest BCUT2D eigenvalue weighted by Gasteiger charge is -2.07.